The summed E-state index contributed by atoms with van der Waals surface area (Å²) in [4.78, 5) is 31.6. The van der Waals surface area contributed by atoms with Crippen molar-refractivity contribution in [2.75, 3.05) is 11.9 Å². The zero-order chi connectivity index (χ0) is 19.2. The Morgan fingerprint density at radius 3 is 2.37 bits per heavy atom. The minimum atomic E-state index is -0.449. The average molecular weight is 382 g/mol. The number of rotatable bonds is 6. The summed E-state index contributed by atoms with van der Waals surface area (Å²) in [5.41, 5.74) is 1.53. The molecule has 27 heavy (non-hydrogen) atoms. The third kappa shape index (κ3) is 5.20. The van der Waals surface area contributed by atoms with Gasteiger partial charge in [-0.1, -0.05) is 62.0 Å². The number of para-hydroxylation sites is 2. The number of amides is 2. The molecule has 1 aliphatic rings. The zero-order valence-electron chi connectivity index (χ0n) is 15.5. The maximum atomic E-state index is 12.9. The first kappa shape index (κ1) is 19.2. The van der Waals surface area contributed by atoms with Gasteiger partial charge >= 0.3 is 0 Å². The molecule has 3 rings (SSSR count). The fourth-order valence-electron chi connectivity index (χ4n) is 2.77. The summed E-state index contributed by atoms with van der Waals surface area (Å²) in [6, 6.07) is 18.8. The van der Waals surface area contributed by atoms with Gasteiger partial charge in [0.15, 0.2) is 5.17 Å². The minimum Gasteiger partial charge on any atom is -0.326 e. The number of carbonyl (C=O) groups excluding carboxylic acids is 2. The molecule has 1 saturated heterocycles. The molecule has 2 aromatic carbocycles. The Labute approximate surface area is 163 Å². The van der Waals surface area contributed by atoms with E-state index in [0.717, 1.165) is 11.4 Å². The average Bonchev–Trinajstić information content (AvgIpc) is 2.91. The van der Waals surface area contributed by atoms with E-state index >= 15 is 0 Å². The van der Waals surface area contributed by atoms with E-state index in [2.05, 4.69) is 24.2 Å². The van der Waals surface area contributed by atoms with Crippen LogP contribution in [0.5, 0.6) is 0 Å². The minimum absolute atomic E-state index is 0.0495. The second-order valence-electron chi connectivity index (χ2n) is 6.80. The number of amidine groups is 1. The van der Waals surface area contributed by atoms with Crippen LogP contribution in [0.4, 0.5) is 11.4 Å². The van der Waals surface area contributed by atoms with Gasteiger partial charge in [0.05, 0.1) is 5.69 Å². The van der Waals surface area contributed by atoms with Crippen molar-refractivity contribution in [1.82, 2.24) is 4.90 Å². The molecule has 2 amide bonds. The molecule has 140 valence electrons. The molecule has 1 aliphatic heterocycles. The number of anilines is 1. The zero-order valence-corrected chi connectivity index (χ0v) is 16.3. The van der Waals surface area contributed by atoms with Crippen LogP contribution in [-0.4, -0.2) is 33.7 Å². The molecule has 0 unspecified atom stereocenters. The predicted octanol–water partition coefficient (Wildman–Crippen LogP) is 4.30. The molecule has 6 heteroatoms. The number of benzene rings is 2. The molecule has 1 atom stereocenters. The molecule has 0 bridgehead atoms. The maximum Gasteiger partial charge on any atom is 0.242 e. The fraction of sp³-hybridized carbons (Fsp3) is 0.286. The number of nitrogens with zero attached hydrogens (tertiary/aromatic N) is 2. The lowest BCUT2D eigenvalue weighted by Crippen LogP contribution is -2.36. The Kier molecular flexibility index (Phi) is 6.29. The summed E-state index contributed by atoms with van der Waals surface area (Å²) in [7, 11) is 0. The topological polar surface area (TPSA) is 61.8 Å². The Morgan fingerprint density at radius 1 is 1.11 bits per heavy atom. The summed E-state index contributed by atoms with van der Waals surface area (Å²) >= 11 is 1.37. The highest BCUT2D eigenvalue weighted by molar-refractivity contribution is 8.15. The second kappa shape index (κ2) is 8.86. The Hall–Kier alpha value is -2.60. The van der Waals surface area contributed by atoms with Crippen LogP contribution in [0.15, 0.2) is 65.7 Å². The molecule has 5 nitrogen and oxygen atoms in total. The number of carbonyl (C=O) groups is 2. The molecule has 0 saturated carbocycles. The summed E-state index contributed by atoms with van der Waals surface area (Å²) in [5.74, 6) is 0.0940. The first-order valence-electron chi connectivity index (χ1n) is 8.99. The first-order valence-corrected chi connectivity index (χ1v) is 9.87. The monoisotopic (exact) mass is 381 g/mol. The number of thioether (sulfide) groups is 1. The molecular formula is C21H23N3O2S. The fourth-order valence-corrected chi connectivity index (χ4v) is 3.94. The number of hydrogen-bond donors (Lipinski definition) is 1. The Balaban J connectivity index is 1.73. The van der Waals surface area contributed by atoms with E-state index < -0.39 is 5.25 Å². The SMILES string of the molecule is CC(C)CN1C(=O)[C@@H](CC(=O)Nc2ccccc2)SC1=Nc1ccccc1. The molecule has 1 heterocycles. The van der Waals surface area contributed by atoms with Crippen molar-refractivity contribution in [3.05, 3.63) is 60.7 Å². The van der Waals surface area contributed by atoms with Crippen LogP contribution in [0.2, 0.25) is 0 Å². The van der Waals surface area contributed by atoms with Gasteiger partial charge in [0.1, 0.15) is 5.25 Å². The van der Waals surface area contributed by atoms with Crippen LogP contribution in [-0.2, 0) is 9.59 Å². The lowest BCUT2D eigenvalue weighted by molar-refractivity contribution is -0.128. The highest BCUT2D eigenvalue weighted by Crippen LogP contribution is 2.32. The van der Waals surface area contributed by atoms with E-state index in [-0.39, 0.29) is 18.2 Å². The molecule has 1 N–H and O–H groups in total. The lowest BCUT2D eigenvalue weighted by atomic mass is 10.2. The van der Waals surface area contributed by atoms with E-state index in [0.29, 0.717) is 17.6 Å². The van der Waals surface area contributed by atoms with Crippen LogP contribution in [0, 0.1) is 5.92 Å². The van der Waals surface area contributed by atoms with E-state index in [9.17, 15) is 9.59 Å². The van der Waals surface area contributed by atoms with Crippen molar-refractivity contribution in [2.24, 2.45) is 10.9 Å². The van der Waals surface area contributed by atoms with Crippen LogP contribution in [0.25, 0.3) is 0 Å². The van der Waals surface area contributed by atoms with Gasteiger partial charge in [-0.3, -0.25) is 14.5 Å². The van der Waals surface area contributed by atoms with Crippen molar-refractivity contribution < 1.29 is 9.59 Å². The normalized spacial score (nSPS) is 18.3. The van der Waals surface area contributed by atoms with Gasteiger partial charge in [0, 0.05) is 18.7 Å². The predicted molar refractivity (Wildman–Crippen MR) is 111 cm³/mol. The molecule has 0 radical (unpaired) electrons. The Bertz CT molecular complexity index is 822. The van der Waals surface area contributed by atoms with Gasteiger partial charge in [0.2, 0.25) is 11.8 Å². The molecule has 0 aromatic heterocycles. The van der Waals surface area contributed by atoms with Gasteiger partial charge in [-0.05, 0) is 30.2 Å². The summed E-state index contributed by atoms with van der Waals surface area (Å²) in [6.07, 6.45) is 0.126. The standard InChI is InChI=1S/C21H23N3O2S/c1-15(2)14-24-20(26)18(13-19(25)22-16-9-5-3-6-10-16)27-21(24)23-17-11-7-4-8-12-17/h3-12,15,18H,13-14H2,1-2H3,(H,22,25)/t18-/m1/s1. The van der Waals surface area contributed by atoms with Gasteiger partial charge in [-0.15, -0.1) is 0 Å². The van der Waals surface area contributed by atoms with Gasteiger partial charge in [0.25, 0.3) is 0 Å². The number of nitrogens with one attached hydrogen (secondary N) is 1. The molecule has 2 aromatic rings. The molecule has 1 fully saturated rings. The number of aliphatic imine (C=N–C) groups is 1. The molecule has 0 aliphatic carbocycles. The van der Waals surface area contributed by atoms with E-state index in [1.165, 1.54) is 11.8 Å². The van der Waals surface area contributed by atoms with E-state index in [1.807, 2.05) is 60.7 Å². The second-order valence-corrected chi connectivity index (χ2v) is 7.97. The summed E-state index contributed by atoms with van der Waals surface area (Å²) < 4.78 is 0. The van der Waals surface area contributed by atoms with Gasteiger partial charge in [-0.2, -0.15) is 0 Å². The quantitative estimate of drug-likeness (QED) is 0.811. The summed E-state index contributed by atoms with van der Waals surface area (Å²) in [6.45, 7) is 4.72. The number of hydrogen-bond acceptors (Lipinski definition) is 4. The molecular weight excluding hydrogens is 358 g/mol. The lowest BCUT2D eigenvalue weighted by Gasteiger charge is -2.18. The Morgan fingerprint density at radius 2 is 1.74 bits per heavy atom. The van der Waals surface area contributed by atoms with Crippen LogP contribution in [0.1, 0.15) is 20.3 Å². The van der Waals surface area contributed by atoms with Crippen molar-refractivity contribution in [1.29, 1.82) is 0 Å². The van der Waals surface area contributed by atoms with Crippen molar-refractivity contribution >= 4 is 40.1 Å². The largest absolute Gasteiger partial charge is 0.326 e. The van der Waals surface area contributed by atoms with Crippen LogP contribution >= 0.6 is 11.8 Å². The highest BCUT2D eigenvalue weighted by Gasteiger charge is 2.39. The molecule has 0 spiro atoms. The third-order valence-corrected chi connectivity index (χ3v) is 5.15. The summed E-state index contributed by atoms with van der Waals surface area (Å²) in [5, 5.41) is 3.06. The maximum absolute atomic E-state index is 12.9. The third-order valence-electron chi connectivity index (χ3n) is 3.98. The van der Waals surface area contributed by atoms with E-state index in [1.54, 1.807) is 4.90 Å². The van der Waals surface area contributed by atoms with Crippen LogP contribution in [0.3, 0.4) is 0 Å². The van der Waals surface area contributed by atoms with Gasteiger partial charge < -0.3 is 5.32 Å². The first-order chi connectivity index (χ1) is 13.0. The van der Waals surface area contributed by atoms with Crippen LogP contribution < -0.4 is 5.32 Å². The van der Waals surface area contributed by atoms with Crippen molar-refractivity contribution in [3.63, 3.8) is 0 Å². The highest BCUT2D eigenvalue weighted by atomic mass is 32.2. The van der Waals surface area contributed by atoms with Crippen molar-refractivity contribution in [2.45, 2.75) is 25.5 Å². The smallest absolute Gasteiger partial charge is 0.242 e. The van der Waals surface area contributed by atoms with Crippen molar-refractivity contribution in [3.8, 4) is 0 Å². The van der Waals surface area contributed by atoms with E-state index in [4.69, 9.17) is 0 Å². The van der Waals surface area contributed by atoms with Gasteiger partial charge in [-0.25, -0.2) is 4.99 Å².